The predicted octanol–water partition coefficient (Wildman–Crippen LogP) is 2.57. The minimum Gasteiger partial charge on any atom is -0.497 e. The van der Waals surface area contributed by atoms with Gasteiger partial charge in [-0.3, -0.25) is 0 Å². The zero-order valence-corrected chi connectivity index (χ0v) is 13.6. The van der Waals surface area contributed by atoms with Gasteiger partial charge in [0, 0.05) is 12.5 Å². The summed E-state index contributed by atoms with van der Waals surface area (Å²) in [6.45, 7) is 0.384. The Bertz CT molecular complexity index is 682. The van der Waals surface area contributed by atoms with Gasteiger partial charge in [-0.05, 0) is 29.7 Å². The molecule has 0 aliphatic carbocycles. The van der Waals surface area contributed by atoms with Gasteiger partial charge in [0.25, 0.3) is 0 Å². The Kier molecular flexibility index (Phi) is 5.57. The fourth-order valence-electron chi connectivity index (χ4n) is 2.33. The molecule has 0 aliphatic rings. The number of benzene rings is 2. The van der Waals surface area contributed by atoms with Crippen molar-refractivity contribution in [3.05, 3.63) is 65.7 Å². The van der Waals surface area contributed by atoms with E-state index in [1.165, 1.54) is 6.26 Å². The Balaban J connectivity index is 2.16. The average molecular weight is 319 g/mol. The molecular weight excluding hydrogens is 298 g/mol. The maximum absolute atomic E-state index is 11.4. The van der Waals surface area contributed by atoms with E-state index in [2.05, 4.69) is 4.72 Å². The monoisotopic (exact) mass is 319 g/mol. The molecule has 0 saturated heterocycles. The topological polar surface area (TPSA) is 55.4 Å². The lowest BCUT2D eigenvalue weighted by Crippen LogP contribution is -2.28. The van der Waals surface area contributed by atoms with Crippen molar-refractivity contribution in [2.24, 2.45) is 0 Å². The molecule has 1 N–H and O–H groups in total. The third-order valence-corrected chi connectivity index (χ3v) is 4.20. The highest BCUT2D eigenvalue weighted by Gasteiger charge is 2.14. The molecular formula is C17H21NO3S. The average Bonchev–Trinajstić information content (AvgIpc) is 2.52. The maximum Gasteiger partial charge on any atom is 0.208 e. The van der Waals surface area contributed by atoms with Crippen LogP contribution >= 0.6 is 0 Å². The van der Waals surface area contributed by atoms with Crippen LogP contribution in [0.4, 0.5) is 0 Å². The van der Waals surface area contributed by atoms with Gasteiger partial charge in [0.05, 0.1) is 13.4 Å². The molecule has 22 heavy (non-hydrogen) atoms. The molecule has 1 unspecified atom stereocenters. The molecule has 0 aromatic heterocycles. The van der Waals surface area contributed by atoms with Crippen LogP contribution in [0.25, 0.3) is 0 Å². The Morgan fingerprint density at radius 3 is 2.23 bits per heavy atom. The molecule has 0 heterocycles. The van der Waals surface area contributed by atoms with Crippen molar-refractivity contribution in [2.45, 2.75) is 12.3 Å². The summed E-state index contributed by atoms with van der Waals surface area (Å²) in [5.41, 5.74) is 2.26. The van der Waals surface area contributed by atoms with Crippen LogP contribution in [-0.4, -0.2) is 28.3 Å². The molecule has 0 bridgehead atoms. The van der Waals surface area contributed by atoms with Gasteiger partial charge >= 0.3 is 0 Å². The van der Waals surface area contributed by atoms with Gasteiger partial charge < -0.3 is 4.74 Å². The standard InChI is InChI=1S/C17H21NO3S/c1-21-17-10-8-14(9-11-17)12-16(13-18-22(2,19)20)15-6-4-3-5-7-15/h3-11,16,18H,12-13H2,1-2H3. The molecule has 0 fully saturated rings. The van der Waals surface area contributed by atoms with Gasteiger partial charge in [-0.25, -0.2) is 13.1 Å². The van der Waals surface area contributed by atoms with E-state index in [1.54, 1.807) is 7.11 Å². The van der Waals surface area contributed by atoms with E-state index in [0.717, 1.165) is 23.3 Å². The fraction of sp³-hybridized carbons (Fsp3) is 0.294. The van der Waals surface area contributed by atoms with Crippen LogP contribution in [0, 0.1) is 0 Å². The summed E-state index contributed by atoms with van der Waals surface area (Å²) in [6.07, 6.45) is 1.94. The number of hydrogen-bond donors (Lipinski definition) is 1. The van der Waals surface area contributed by atoms with Crippen LogP contribution in [0.2, 0.25) is 0 Å². The summed E-state index contributed by atoms with van der Waals surface area (Å²) in [6, 6.07) is 17.8. The van der Waals surface area contributed by atoms with Gasteiger partial charge in [0.1, 0.15) is 5.75 Å². The van der Waals surface area contributed by atoms with Crippen molar-refractivity contribution < 1.29 is 13.2 Å². The van der Waals surface area contributed by atoms with Gasteiger partial charge in [0.15, 0.2) is 0 Å². The Morgan fingerprint density at radius 2 is 1.68 bits per heavy atom. The molecule has 118 valence electrons. The van der Waals surface area contributed by atoms with Crippen LogP contribution < -0.4 is 9.46 Å². The normalized spacial score (nSPS) is 12.8. The first-order valence-electron chi connectivity index (χ1n) is 7.10. The zero-order chi connectivity index (χ0) is 16.0. The van der Waals surface area contributed by atoms with E-state index in [0.29, 0.717) is 6.54 Å². The van der Waals surface area contributed by atoms with E-state index < -0.39 is 10.0 Å². The molecule has 4 nitrogen and oxygen atoms in total. The first-order chi connectivity index (χ1) is 10.5. The van der Waals surface area contributed by atoms with Gasteiger partial charge in [0.2, 0.25) is 10.0 Å². The summed E-state index contributed by atoms with van der Waals surface area (Å²) in [5.74, 6) is 0.901. The SMILES string of the molecule is COc1ccc(CC(CNS(C)(=O)=O)c2ccccc2)cc1. The number of methoxy groups -OCH3 is 1. The van der Waals surface area contributed by atoms with Crippen molar-refractivity contribution in [3.8, 4) is 5.75 Å². The zero-order valence-electron chi connectivity index (χ0n) is 12.8. The maximum atomic E-state index is 11.4. The second-order valence-electron chi connectivity index (χ2n) is 5.28. The molecule has 0 amide bonds. The second kappa shape index (κ2) is 7.42. The molecule has 2 aromatic carbocycles. The van der Waals surface area contributed by atoms with E-state index in [1.807, 2.05) is 54.6 Å². The number of sulfonamides is 1. The Hall–Kier alpha value is -1.85. The van der Waals surface area contributed by atoms with E-state index in [9.17, 15) is 8.42 Å². The smallest absolute Gasteiger partial charge is 0.208 e. The third-order valence-electron chi connectivity index (χ3n) is 3.50. The van der Waals surface area contributed by atoms with Crippen molar-refractivity contribution in [1.82, 2.24) is 4.72 Å². The number of rotatable bonds is 7. The fourth-order valence-corrected chi connectivity index (χ4v) is 2.84. The molecule has 5 heteroatoms. The summed E-state index contributed by atoms with van der Waals surface area (Å²) < 4.78 is 30.5. The largest absolute Gasteiger partial charge is 0.497 e. The molecule has 2 aromatic rings. The summed E-state index contributed by atoms with van der Waals surface area (Å²) in [4.78, 5) is 0. The number of nitrogens with one attached hydrogen (secondary N) is 1. The molecule has 2 rings (SSSR count). The van der Waals surface area contributed by atoms with Gasteiger partial charge in [-0.2, -0.15) is 0 Å². The van der Waals surface area contributed by atoms with Crippen molar-refractivity contribution in [2.75, 3.05) is 19.9 Å². The first-order valence-corrected chi connectivity index (χ1v) is 8.99. The van der Waals surface area contributed by atoms with E-state index >= 15 is 0 Å². The summed E-state index contributed by atoms with van der Waals surface area (Å²) in [7, 11) is -1.56. The minimum atomic E-state index is -3.20. The van der Waals surface area contributed by atoms with Gasteiger partial charge in [-0.15, -0.1) is 0 Å². The Labute approximate surface area is 132 Å². The van der Waals surface area contributed by atoms with Crippen LogP contribution in [0.15, 0.2) is 54.6 Å². The van der Waals surface area contributed by atoms with Gasteiger partial charge in [-0.1, -0.05) is 42.5 Å². The third kappa shape index (κ3) is 5.16. The summed E-state index contributed by atoms with van der Waals surface area (Å²) in [5, 5.41) is 0. The molecule has 0 spiro atoms. The lowest BCUT2D eigenvalue weighted by Gasteiger charge is -2.18. The molecule has 0 aliphatic heterocycles. The lowest BCUT2D eigenvalue weighted by atomic mass is 9.92. The van der Waals surface area contributed by atoms with Crippen molar-refractivity contribution >= 4 is 10.0 Å². The van der Waals surface area contributed by atoms with Crippen LogP contribution in [0.5, 0.6) is 5.75 Å². The molecule has 0 saturated carbocycles. The predicted molar refractivity (Wildman–Crippen MR) is 88.7 cm³/mol. The van der Waals surface area contributed by atoms with E-state index in [-0.39, 0.29) is 5.92 Å². The van der Waals surface area contributed by atoms with Crippen LogP contribution in [0.1, 0.15) is 17.0 Å². The molecule has 0 radical (unpaired) electrons. The Morgan fingerprint density at radius 1 is 1.05 bits per heavy atom. The minimum absolute atomic E-state index is 0.0873. The quantitative estimate of drug-likeness (QED) is 0.853. The second-order valence-corrected chi connectivity index (χ2v) is 7.11. The highest BCUT2D eigenvalue weighted by atomic mass is 32.2. The van der Waals surface area contributed by atoms with Crippen molar-refractivity contribution in [1.29, 1.82) is 0 Å². The number of hydrogen-bond acceptors (Lipinski definition) is 3. The van der Waals surface area contributed by atoms with E-state index in [4.69, 9.17) is 4.74 Å². The molecule has 1 atom stereocenters. The first kappa shape index (κ1) is 16.5. The van der Waals surface area contributed by atoms with Crippen LogP contribution in [-0.2, 0) is 16.4 Å². The lowest BCUT2D eigenvalue weighted by molar-refractivity contribution is 0.414. The number of ether oxygens (including phenoxy) is 1. The summed E-state index contributed by atoms with van der Waals surface area (Å²) >= 11 is 0. The highest BCUT2D eigenvalue weighted by molar-refractivity contribution is 7.88. The highest BCUT2D eigenvalue weighted by Crippen LogP contribution is 2.22. The van der Waals surface area contributed by atoms with Crippen molar-refractivity contribution in [3.63, 3.8) is 0 Å². The van der Waals surface area contributed by atoms with Crippen LogP contribution in [0.3, 0.4) is 0 Å².